The molecule has 1 heterocycles. The van der Waals surface area contributed by atoms with Crippen LogP contribution in [0, 0.1) is 0 Å². The monoisotopic (exact) mass is 231 g/mol. The standard InChI is InChI=1S/C11H18FNO3/c1-7(16-11(2,3)4)13-6-8(12)5-9(13)10(14)15/h8-9H,1,5-6H2,2-4H3,(H,14,15)/t8-,9+/m1/s1. The van der Waals surface area contributed by atoms with Gasteiger partial charge in [0.05, 0.1) is 6.54 Å². The van der Waals surface area contributed by atoms with Crippen LogP contribution in [0.4, 0.5) is 4.39 Å². The van der Waals surface area contributed by atoms with E-state index in [0.29, 0.717) is 0 Å². The van der Waals surface area contributed by atoms with Gasteiger partial charge < -0.3 is 14.7 Å². The summed E-state index contributed by atoms with van der Waals surface area (Å²) in [6.45, 7) is 9.19. The van der Waals surface area contributed by atoms with Crippen LogP contribution in [-0.2, 0) is 9.53 Å². The van der Waals surface area contributed by atoms with Crippen LogP contribution in [0.25, 0.3) is 0 Å². The molecule has 0 spiro atoms. The van der Waals surface area contributed by atoms with E-state index >= 15 is 0 Å². The maximum Gasteiger partial charge on any atom is 0.326 e. The van der Waals surface area contributed by atoms with Gasteiger partial charge in [-0.1, -0.05) is 0 Å². The van der Waals surface area contributed by atoms with Crippen molar-refractivity contribution in [1.82, 2.24) is 4.90 Å². The van der Waals surface area contributed by atoms with Gasteiger partial charge in [0, 0.05) is 6.42 Å². The van der Waals surface area contributed by atoms with E-state index in [2.05, 4.69) is 6.58 Å². The van der Waals surface area contributed by atoms with E-state index in [1.165, 1.54) is 4.90 Å². The van der Waals surface area contributed by atoms with Crippen molar-refractivity contribution in [1.29, 1.82) is 0 Å². The highest BCUT2D eigenvalue weighted by Gasteiger charge is 2.39. The second kappa shape index (κ2) is 4.31. The minimum absolute atomic E-state index is 0.0120. The molecule has 5 heteroatoms. The molecule has 1 N–H and O–H groups in total. The highest BCUT2D eigenvalue weighted by atomic mass is 19.1. The van der Waals surface area contributed by atoms with Gasteiger partial charge in [0.2, 0.25) is 0 Å². The Kier molecular flexibility index (Phi) is 3.45. The number of alkyl halides is 1. The quantitative estimate of drug-likeness (QED) is 0.752. The highest BCUT2D eigenvalue weighted by Crippen LogP contribution is 2.27. The predicted octanol–water partition coefficient (Wildman–Crippen LogP) is 1.77. The largest absolute Gasteiger partial charge is 0.480 e. The smallest absolute Gasteiger partial charge is 0.326 e. The summed E-state index contributed by atoms with van der Waals surface area (Å²) in [4.78, 5) is 12.3. The second-order valence-electron chi connectivity index (χ2n) is 4.95. The molecular formula is C11H18FNO3. The van der Waals surface area contributed by atoms with Crippen molar-refractivity contribution < 1.29 is 19.0 Å². The molecule has 0 aliphatic carbocycles. The first-order valence-electron chi connectivity index (χ1n) is 5.22. The molecule has 2 atom stereocenters. The summed E-state index contributed by atoms with van der Waals surface area (Å²) < 4.78 is 18.6. The summed E-state index contributed by atoms with van der Waals surface area (Å²) in [6.07, 6.45) is -1.15. The Morgan fingerprint density at radius 3 is 2.56 bits per heavy atom. The van der Waals surface area contributed by atoms with Crippen molar-refractivity contribution in [2.45, 2.75) is 45.0 Å². The van der Waals surface area contributed by atoms with Crippen molar-refractivity contribution in [3.8, 4) is 0 Å². The number of carboxylic acid groups (broad SMARTS) is 1. The first-order chi connectivity index (χ1) is 7.20. The van der Waals surface area contributed by atoms with Gasteiger partial charge in [-0.25, -0.2) is 9.18 Å². The van der Waals surface area contributed by atoms with E-state index in [1.54, 1.807) is 0 Å². The van der Waals surface area contributed by atoms with Gasteiger partial charge in [0.1, 0.15) is 17.8 Å². The van der Waals surface area contributed by atoms with Gasteiger partial charge in [-0.15, -0.1) is 0 Å². The molecule has 0 aromatic carbocycles. The fourth-order valence-corrected chi connectivity index (χ4v) is 1.71. The average molecular weight is 231 g/mol. The van der Waals surface area contributed by atoms with Gasteiger partial charge in [-0.3, -0.25) is 0 Å². The zero-order chi connectivity index (χ0) is 12.5. The molecule has 0 unspecified atom stereocenters. The number of likely N-dealkylation sites (tertiary alicyclic amines) is 1. The molecular weight excluding hydrogens is 213 g/mol. The maximum atomic E-state index is 13.2. The molecule has 1 fully saturated rings. The molecule has 1 aliphatic heterocycles. The summed E-state index contributed by atoms with van der Waals surface area (Å²) >= 11 is 0. The number of hydrogen-bond acceptors (Lipinski definition) is 3. The molecule has 0 amide bonds. The number of rotatable bonds is 3. The molecule has 4 nitrogen and oxygen atoms in total. The molecule has 16 heavy (non-hydrogen) atoms. The van der Waals surface area contributed by atoms with Crippen molar-refractivity contribution in [2.75, 3.05) is 6.54 Å². The average Bonchev–Trinajstić information content (AvgIpc) is 2.44. The third kappa shape index (κ3) is 3.12. The number of carbonyl (C=O) groups is 1. The molecule has 0 radical (unpaired) electrons. The van der Waals surface area contributed by atoms with Crippen molar-refractivity contribution in [3.63, 3.8) is 0 Å². The zero-order valence-electron chi connectivity index (χ0n) is 9.86. The Bertz CT molecular complexity index is 298. The highest BCUT2D eigenvalue weighted by molar-refractivity contribution is 5.74. The zero-order valence-corrected chi connectivity index (χ0v) is 9.86. The number of aliphatic carboxylic acids is 1. The number of hydrogen-bond donors (Lipinski definition) is 1. The van der Waals surface area contributed by atoms with Crippen LogP contribution in [0.1, 0.15) is 27.2 Å². The minimum Gasteiger partial charge on any atom is -0.480 e. The van der Waals surface area contributed by atoms with Gasteiger partial charge in [0.25, 0.3) is 0 Å². The van der Waals surface area contributed by atoms with Gasteiger partial charge in [0.15, 0.2) is 5.88 Å². The number of ether oxygens (including phenoxy) is 1. The number of carboxylic acids is 1. The van der Waals surface area contributed by atoms with Crippen molar-refractivity contribution >= 4 is 5.97 Å². The summed E-state index contributed by atoms with van der Waals surface area (Å²) in [5, 5.41) is 8.94. The topological polar surface area (TPSA) is 49.8 Å². The molecule has 0 saturated carbocycles. The fraction of sp³-hybridized carbons (Fsp3) is 0.727. The lowest BCUT2D eigenvalue weighted by molar-refractivity contribution is -0.143. The third-order valence-corrected chi connectivity index (χ3v) is 2.28. The predicted molar refractivity (Wildman–Crippen MR) is 57.6 cm³/mol. The molecule has 1 saturated heterocycles. The normalized spacial score (nSPS) is 25.6. The molecule has 0 bridgehead atoms. The van der Waals surface area contributed by atoms with Crippen molar-refractivity contribution in [2.24, 2.45) is 0 Å². The van der Waals surface area contributed by atoms with E-state index in [-0.39, 0.29) is 18.8 Å². The van der Waals surface area contributed by atoms with Gasteiger partial charge in [-0.05, 0) is 27.4 Å². The van der Waals surface area contributed by atoms with Crippen LogP contribution in [0.3, 0.4) is 0 Å². The lowest BCUT2D eigenvalue weighted by Crippen LogP contribution is -2.37. The van der Waals surface area contributed by atoms with Crippen LogP contribution in [0.15, 0.2) is 12.5 Å². The van der Waals surface area contributed by atoms with Crippen LogP contribution in [-0.4, -0.2) is 40.3 Å². The maximum absolute atomic E-state index is 13.2. The minimum atomic E-state index is -1.14. The Balaban J connectivity index is 2.71. The molecule has 1 rings (SSSR count). The first-order valence-corrected chi connectivity index (χ1v) is 5.22. The Morgan fingerprint density at radius 2 is 2.12 bits per heavy atom. The lowest BCUT2D eigenvalue weighted by Gasteiger charge is -2.30. The Hall–Kier alpha value is -1.26. The Labute approximate surface area is 94.7 Å². The summed E-state index contributed by atoms with van der Waals surface area (Å²) in [7, 11) is 0. The Morgan fingerprint density at radius 1 is 1.56 bits per heavy atom. The first kappa shape index (κ1) is 12.8. The van der Waals surface area contributed by atoms with Crippen LogP contribution in [0.2, 0.25) is 0 Å². The van der Waals surface area contributed by atoms with E-state index in [9.17, 15) is 9.18 Å². The third-order valence-electron chi connectivity index (χ3n) is 2.28. The SMILES string of the molecule is C=C(OC(C)(C)C)N1C[C@H](F)C[C@H]1C(=O)O. The number of halogens is 1. The van der Waals surface area contributed by atoms with E-state index in [1.807, 2.05) is 20.8 Å². The number of nitrogens with zero attached hydrogens (tertiary/aromatic N) is 1. The molecule has 92 valence electrons. The molecule has 0 aromatic heterocycles. The summed E-state index contributed by atoms with van der Waals surface area (Å²) in [5.74, 6) is -0.821. The van der Waals surface area contributed by atoms with Gasteiger partial charge in [-0.2, -0.15) is 0 Å². The second-order valence-corrected chi connectivity index (χ2v) is 4.95. The molecule has 0 aromatic rings. The van der Waals surface area contributed by atoms with Crippen molar-refractivity contribution in [3.05, 3.63) is 12.5 Å². The molecule has 1 aliphatic rings. The van der Waals surface area contributed by atoms with Crippen LogP contribution < -0.4 is 0 Å². The summed E-state index contributed by atoms with van der Waals surface area (Å²) in [5.41, 5.74) is -0.464. The summed E-state index contributed by atoms with van der Waals surface area (Å²) in [6, 6.07) is -0.871. The van der Waals surface area contributed by atoms with Crippen LogP contribution in [0.5, 0.6) is 0 Å². The fourth-order valence-electron chi connectivity index (χ4n) is 1.71. The van der Waals surface area contributed by atoms with Gasteiger partial charge >= 0.3 is 5.97 Å². The van der Waals surface area contributed by atoms with E-state index in [4.69, 9.17) is 9.84 Å². The van der Waals surface area contributed by atoms with E-state index < -0.39 is 23.8 Å². The van der Waals surface area contributed by atoms with Crippen LogP contribution >= 0.6 is 0 Å². The van der Waals surface area contributed by atoms with E-state index in [0.717, 1.165) is 0 Å². The lowest BCUT2D eigenvalue weighted by atomic mass is 10.2.